The van der Waals surface area contributed by atoms with Crippen molar-refractivity contribution < 1.29 is 4.39 Å². The van der Waals surface area contributed by atoms with Gasteiger partial charge in [-0.15, -0.1) is 0 Å². The zero-order valence-corrected chi connectivity index (χ0v) is 11.6. The number of rotatable bonds is 2. The Morgan fingerprint density at radius 1 is 1.52 bits per heavy atom. The van der Waals surface area contributed by atoms with Crippen molar-refractivity contribution in [3.63, 3.8) is 0 Å². The van der Waals surface area contributed by atoms with Gasteiger partial charge in [-0.05, 0) is 19.4 Å². The molecule has 1 aliphatic heterocycles. The van der Waals surface area contributed by atoms with Crippen LogP contribution in [0.5, 0.6) is 0 Å². The molecule has 21 heavy (non-hydrogen) atoms. The summed E-state index contributed by atoms with van der Waals surface area (Å²) >= 11 is 0. The number of pyridine rings is 1. The number of nitrogens with two attached hydrogens (primary N) is 1. The first kappa shape index (κ1) is 13.7. The molecule has 110 valence electrons. The van der Waals surface area contributed by atoms with Crippen LogP contribution in [0.4, 0.5) is 10.3 Å². The van der Waals surface area contributed by atoms with Gasteiger partial charge < -0.3 is 10.6 Å². The SMILES string of the molecule is Cc1c(-c2ccncc2F)nc(N2CC[C@@H](N)C2)[nH]c1=O. The molecule has 0 aliphatic carbocycles. The van der Waals surface area contributed by atoms with E-state index in [1.165, 1.54) is 12.3 Å². The molecule has 3 rings (SSSR count). The fraction of sp³-hybridized carbons (Fsp3) is 0.357. The summed E-state index contributed by atoms with van der Waals surface area (Å²) in [7, 11) is 0. The van der Waals surface area contributed by atoms with Crippen LogP contribution in [-0.2, 0) is 0 Å². The average Bonchev–Trinajstić information content (AvgIpc) is 2.89. The van der Waals surface area contributed by atoms with Gasteiger partial charge in [0.15, 0.2) is 5.82 Å². The number of halogens is 1. The van der Waals surface area contributed by atoms with Gasteiger partial charge >= 0.3 is 0 Å². The topological polar surface area (TPSA) is 87.9 Å². The molecule has 1 fully saturated rings. The molecule has 0 aromatic carbocycles. The van der Waals surface area contributed by atoms with Gasteiger partial charge in [0.1, 0.15) is 0 Å². The van der Waals surface area contributed by atoms with E-state index >= 15 is 0 Å². The average molecular weight is 289 g/mol. The van der Waals surface area contributed by atoms with Crippen LogP contribution in [0.2, 0.25) is 0 Å². The van der Waals surface area contributed by atoms with Gasteiger partial charge in [-0.25, -0.2) is 9.37 Å². The molecule has 0 spiro atoms. The maximum Gasteiger partial charge on any atom is 0.255 e. The van der Waals surface area contributed by atoms with Crippen molar-refractivity contribution in [1.82, 2.24) is 15.0 Å². The molecule has 2 aromatic rings. The number of anilines is 1. The summed E-state index contributed by atoms with van der Waals surface area (Å²) in [6.07, 6.45) is 3.44. The first-order valence-corrected chi connectivity index (χ1v) is 6.77. The van der Waals surface area contributed by atoms with Gasteiger partial charge in [-0.1, -0.05) is 0 Å². The molecule has 7 heteroatoms. The van der Waals surface area contributed by atoms with Crippen LogP contribution in [0.15, 0.2) is 23.3 Å². The zero-order valence-electron chi connectivity index (χ0n) is 11.6. The monoisotopic (exact) mass is 289 g/mol. The predicted molar refractivity (Wildman–Crippen MR) is 77.6 cm³/mol. The Balaban J connectivity index is 2.11. The number of nitrogens with zero attached hydrogens (tertiary/aromatic N) is 3. The molecule has 0 unspecified atom stereocenters. The highest BCUT2D eigenvalue weighted by atomic mass is 19.1. The molecule has 3 N–H and O–H groups in total. The van der Waals surface area contributed by atoms with E-state index < -0.39 is 5.82 Å². The van der Waals surface area contributed by atoms with E-state index in [1.807, 2.05) is 4.90 Å². The van der Waals surface area contributed by atoms with Crippen LogP contribution >= 0.6 is 0 Å². The standard InChI is InChI=1S/C14H16FN5O/c1-8-12(10-2-4-17-6-11(10)15)18-14(19-13(8)21)20-5-3-9(16)7-20/h2,4,6,9H,3,5,7,16H2,1H3,(H,18,19,21)/t9-/m1/s1. The molecule has 0 radical (unpaired) electrons. The lowest BCUT2D eigenvalue weighted by Crippen LogP contribution is -2.29. The summed E-state index contributed by atoms with van der Waals surface area (Å²) in [5, 5.41) is 0. The van der Waals surface area contributed by atoms with Gasteiger partial charge in [0.05, 0.1) is 11.9 Å². The van der Waals surface area contributed by atoms with E-state index in [-0.39, 0.29) is 17.2 Å². The Hall–Kier alpha value is -2.28. The van der Waals surface area contributed by atoms with Crippen molar-refractivity contribution in [2.75, 3.05) is 18.0 Å². The Kier molecular flexibility index (Phi) is 3.42. The van der Waals surface area contributed by atoms with Crippen LogP contribution in [0.25, 0.3) is 11.3 Å². The Labute approximate surface area is 120 Å². The predicted octanol–water partition coefficient (Wildman–Crippen LogP) is 0.817. The minimum atomic E-state index is -0.497. The summed E-state index contributed by atoms with van der Waals surface area (Å²) in [6.45, 7) is 2.98. The summed E-state index contributed by atoms with van der Waals surface area (Å²) in [6, 6.07) is 1.58. The summed E-state index contributed by atoms with van der Waals surface area (Å²) in [5.41, 5.74) is 6.60. The third-order valence-corrected chi connectivity index (χ3v) is 3.69. The molecule has 1 atom stereocenters. The van der Waals surface area contributed by atoms with Crippen molar-refractivity contribution in [3.05, 3.63) is 40.2 Å². The number of aromatic nitrogens is 3. The van der Waals surface area contributed by atoms with Gasteiger partial charge in [0.25, 0.3) is 5.56 Å². The van der Waals surface area contributed by atoms with Gasteiger partial charge in [0.2, 0.25) is 5.95 Å². The second-order valence-electron chi connectivity index (χ2n) is 5.21. The van der Waals surface area contributed by atoms with Crippen molar-refractivity contribution in [2.24, 2.45) is 5.73 Å². The van der Waals surface area contributed by atoms with E-state index in [0.29, 0.717) is 23.8 Å². The molecule has 1 saturated heterocycles. The highest BCUT2D eigenvalue weighted by molar-refractivity contribution is 5.64. The first-order chi connectivity index (χ1) is 10.1. The highest BCUT2D eigenvalue weighted by Crippen LogP contribution is 2.24. The molecule has 0 amide bonds. The largest absolute Gasteiger partial charge is 0.341 e. The van der Waals surface area contributed by atoms with E-state index in [2.05, 4.69) is 15.0 Å². The Bertz CT molecular complexity index is 730. The summed E-state index contributed by atoms with van der Waals surface area (Å²) < 4.78 is 13.9. The maximum absolute atomic E-state index is 13.9. The molecule has 2 aromatic heterocycles. The number of hydrogen-bond acceptors (Lipinski definition) is 5. The summed E-state index contributed by atoms with van der Waals surface area (Å²) in [5.74, 6) is -0.0625. The molecule has 6 nitrogen and oxygen atoms in total. The fourth-order valence-electron chi connectivity index (χ4n) is 2.48. The lowest BCUT2D eigenvalue weighted by Gasteiger charge is -2.17. The molecule has 1 aliphatic rings. The quantitative estimate of drug-likeness (QED) is 0.854. The van der Waals surface area contributed by atoms with Crippen LogP contribution in [0, 0.1) is 12.7 Å². The second-order valence-corrected chi connectivity index (χ2v) is 5.21. The molecule has 0 bridgehead atoms. The number of nitrogens with one attached hydrogen (secondary N) is 1. The first-order valence-electron chi connectivity index (χ1n) is 6.77. The van der Waals surface area contributed by atoms with Crippen molar-refractivity contribution in [1.29, 1.82) is 0 Å². The van der Waals surface area contributed by atoms with Gasteiger partial charge in [-0.3, -0.25) is 14.8 Å². The minimum absolute atomic E-state index is 0.0673. The van der Waals surface area contributed by atoms with E-state index in [9.17, 15) is 9.18 Å². The molecular weight excluding hydrogens is 273 g/mol. The minimum Gasteiger partial charge on any atom is -0.341 e. The third-order valence-electron chi connectivity index (χ3n) is 3.69. The Morgan fingerprint density at radius 2 is 2.33 bits per heavy atom. The molecular formula is C14H16FN5O. The van der Waals surface area contributed by atoms with Crippen molar-refractivity contribution >= 4 is 5.95 Å². The lowest BCUT2D eigenvalue weighted by atomic mass is 10.1. The third kappa shape index (κ3) is 2.52. The highest BCUT2D eigenvalue weighted by Gasteiger charge is 2.23. The fourth-order valence-corrected chi connectivity index (χ4v) is 2.48. The summed E-state index contributed by atoms with van der Waals surface area (Å²) in [4.78, 5) is 24.9. The van der Waals surface area contributed by atoms with Crippen molar-refractivity contribution in [2.45, 2.75) is 19.4 Å². The van der Waals surface area contributed by atoms with E-state index in [4.69, 9.17) is 5.73 Å². The van der Waals surface area contributed by atoms with Crippen LogP contribution in [0.3, 0.4) is 0 Å². The van der Waals surface area contributed by atoms with Crippen molar-refractivity contribution in [3.8, 4) is 11.3 Å². The van der Waals surface area contributed by atoms with E-state index in [0.717, 1.165) is 19.2 Å². The molecule has 0 saturated carbocycles. The number of H-pyrrole nitrogens is 1. The number of aromatic amines is 1. The van der Waals surface area contributed by atoms with Gasteiger partial charge in [-0.2, -0.15) is 0 Å². The zero-order chi connectivity index (χ0) is 15.0. The molecule has 3 heterocycles. The second kappa shape index (κ2) is 5.25. The lowest BCUT2D eigenvalue weighted by molar-refractivity contribution is 0.624. The van der Waals surface area contributed by atoms with Gasteiger partial charge in [0, 0.05) is 36.5 Å². The van der Waals surface area contributed by atoms with Crippen LogP contribution in [-0.4, -0.2) is 34.1 Å². The van der Waals surface area contributed by atoms with E-state index in [1.54, 1.807) is 6.92 Å². The smallest absolute Gasteiger partial charge is 0.255 e. The normalized spacial score (nSPS) is 18.2. The van der Waals surface area contributed by atoms with Crippen LogP contribution < -0.4 is 16.2 Å². The number of hydrogen-bond donors (Lipinski definition) is 2. The Morgan fingerprint density at radius 3 is 3.00 bits per heavy atom. The van der Waals surface area contributed by atoms with Crippen LogP contribution in [0.1, 0.15) is 12.0 Å². The maximum atomic E-state index is 13.9.